The largest absolute Gasteiger partial charge is 0.437 e. The summed E-state index contributed by atoms with van der Waals surface area (Å²) in [5.74, 6) is -0.0842. The fraction of sp³-hybridized carbons (Fsp3) is 0.500. The zero-order chi connectivity index (χ0) is 12.6. The number of nitrogens with one attached hydrogen (secondary N) is 1. The maximum atomic E-state index is 11.9. The van der Waals surface area contributed by atoms with Crippen LogP contribution < -0.4 is 5.32 Å². The minimum absolute atomic E-state index is 0.0842. The fourth-order valence-electron chi connectivity index (χ4n) is 1.71. The Morgan fingerprint density at radius 1 is 1.53 bits per heavy atom. The van der Waals surface area contributed by atoms with Crippen LogP contribution in [-0.2, 0) is 11.2 Å². The second-order valence-electron chi connectivity index (χ2n) is 5.11. The van der Waals surface area contributed by atoms with Crippen molar-refractivity contribution in [3.05, 3.63) is 21.9 Å². The number of amides is 1. The summed E-state index contributed by atoms with van der Waals surface area (Å²) in [7, 11) is 0. The van der Waals surface area contributed by atoms with Gasteiger partial charge in [-0.05, 0) is 37.8 Å². The van der Waals surface area contributed by atoms with Crippen LogP contribution in [0.4, 0.5) is 4.79 Å². The number of Topliss-reactive ketones (excluding diaryl/α,β-unsaturated/α-hetero) is 1. The zero-order valence-electron chi connectivity index (χ0n) is 10.1. The normalized spacial score (nSPS) is 19.0. The highest BCUT2D eigenvalue weighted by molar-refractivity contribution is 7.12. The molecule has 0 bridgehead atoms. The number of hydrogen-bond donors (Lipinski definition) is 1. The van der Waals surface area contributed by atoms with Crippen molar-refractivity contribution < 1.29 is 14.3 Å². The van der Waals surface area contributed by atoms with Gasteiger partial charge in [-0.1, -0.05) is 0 Å². The Morgan fingerprint density at radius 2 is 2.24 bits per heavy atom. The van der Waals surface area contributed by atoms with Crippen LogP contribution in [-0.4, -0.2) is 23.5 Å². The molecule has 0 fully saturated rings. The van der Waals surface area contributed by atoms with Gasteiger partial charge in [0.1, 0.15) is 0 Å². The SMILES string of the molecule is CC(C)(C)NC(=O)OC1Cc2ccsc2C1=O. The van der Waals surface area contributed by atoms with Gasteiger partial charge in [0, 0.05) is 12.0 Å². The van der Waals surface area contributed by atoms with Crippen LogP contribution in [0.1, 0.15) is 36.0 Å². The number of carbonyl (C=O) groups is 2. The Labute approximate surface area is 104 Å². The van der Waals surface area contributed by atoms with Crippen LogP contribution in [0.15, 0.2) is 11.4 Å². The van der Waals surface area contributed by atoms with Crippen molar-refractivity contribution in [1.82, 2.24) is 5.32 Å². The summed E-state index contributed by atoms with van der Waals surface area (Å²) in [6.45, 7) is 5.59. The molecule has 1 unspecified atom stereocenters. The third kappa shape index (κ3) is 2.66. The van der Waals surface area contributed by atoms with E-state index in [0.717, 1.165) is 10.4 Å². The molecule has 1 aliphatic rings. The van der Waals surface area contributed by atoms with Crippen LogP contribution in [0.3, 0.4) is 0 Å². The van der Waals surface area contributed by atoms with Gasteiger partial charge in [-0.3, -0.25) is 4.79 Å². The number of carbonyl (C=O) groups excluding carboxylic acids is 2. The van der Waals surface area contributed by atoms with E-state index in [9.17, 15) is 9.59 Å². The second kappa shape index (κ2) is 4.14. The highest BCUT2D eigenvalue weighted by atomic mass is 32.1. The minimum Gasteiger partial charge on any atom is -0.437 e. The topological polar surface area (TPSA) is 55.4 Å². The van der Waals surface area contributed by atoms with Crippen LogP contribution in [0.25, 0.3) is 0 Å². The Morgan fingerprint density at radius 3 is 2.82 bits per heavy atom. The number of rotatable bonds is 1. The van der Waals surface area contributed by atoms with E-state index in [2.05, 4.69) is 5.32 Å². The van der Waals surface area contributed by atoms with E-state index in [1.807, 2.05) is 32.2 Å². The number of hydrogen-bond acceptors (Lipinski definition) is 4. The molecule has 1 N–H and O–H groups in total. The molecule has 0 aromatic carbocycles. The van der Waals surface area contributed by atoms with Crippen molar-refractivity contribution in [2.45, 2.75) is 38.8 Å². The maximum Gasteiger partial charge on any atom is 0.408 e. The standard InChI is InChI=1S/C12H15NO3S/c1-12(2,3)13-11(15)16-8-6-7-4-5-17-10(7)9(8)14/h4-5,8H,6H2,1-3H3,(H,13,15). The average Bonchev–Trinajstić information content (AvgIpc) is 2.69. The third-order valence-electron chi connectivity index (χ3n) is 2.39. The number of fused-ring (bicyclic) bond motifs is 1. The first-order valence-corrected chi connectivity index (χ1v) is 6.34. The van der Waals surface area contributed by atoms with Crippen molar-refractivity contribution in [2.75, 3.05) is 0 Å². The molecule has 0 saturated carbocycles. The molecule has 0 saturated heterocycles. The molecule has 1 aromatic rings. The average molecular weight is 253 g/mol. The molecule has 0 aliphatic heterocycles. The summed E-state index contributed by atoms with van der Waals surface area (Å²) >= 11 is 1.40. The van der Waals surface area contributed by atoms with Gasteiger partial charge in [0.2, 0.25) is 5.78 Å². The lowest BCUT2D eigenvalue weighted by molar-refractivity contribution is 0.0647. The van der Waals surface area contributed by atoms with E-state index in [0.29, 0.717) is 6.42 Å². The molecule has 1 heterocycles. The number of ether oxygens (including phenoxy) is 1. The molecule has 0 radical (unpaired) electrons. The van der Waals surface area contributed by atoms with E-state index < -0.39 is 12.2 Å². The molecular formula is C12H15NO3S. The molecule has 4 nitrogen and oxygen atoms in total. The Kier molecular flexibility index (Phi) is 2.95. The molecule has 5 heteroatoms. The first-order chi connectivity index (χ1) is 7.87. The lowest BCUT2D eigenvalue weighted by Gasteiger charge is -2.21. The van der Waals surface area contributed by atoms with Gasteiger partial charge in [-0.2, -0.15) is 0 Å². The summed E-state index contributed by atoms with van der Waals surface area (Å²) in [6.07, 6.45) is -0.694. The van der Waals surface area contributed by atoms with Crippen LogP contribution in [0.5, 0.6) is 0 Å². The molecule has 1 amide bonds. The molecular weight excluding hydrogens is 238 g/mol. The first-order valence-electron chi connectivity index (χ1n) is 5.46. The smallest absolute Gasteiger partial charge is 0.408 e. The lowest BCUT2D eigenvalue weighted by Crippen LogP contribution is -2.43. The van der Waals surface area contributed by atoms with E-state index in [1.54, 1.807) is 0 Å². The van der Waals surface area contributed by atoms with E-state index in [-0.39, 0.29) is 11.3 Å². The van der Waals surface area contributed by atoms with Crippen molar-refractivity contribution in [1.29, 1.82) is 0 Å². The summed E-state index contributed by atoms with van der Waals surface area (Å²) in [6, 6.07) is 1.91. The molecule has 1 atom stereocenters. The number of alkyl carbamates (subject to hydrolysis) is 1. The molecule has 1 aromatic heterocycles. The second-order valence-corrected chi connectivity index (χ2v) is 6.03. The maximum absolute atomic E-state index is 11.9. The van der Waals surface area contributed by atoms with Crippen LogP contribution in [0, 0.1) is 0 Å². The fourth-order valence-corrected chi connectivity index (χ4v) is 2.63. The Bertz CT molecular complexity index is 459. The first kappa shape index (κ1) is 12.1. The van der Waals surface area contributed by atoms with Crippen molar-refractivity contribution in [2.24, 2.45) is 0 Å². The van der Waals surface area contributed by atoms with Gasteiger partial charge < -0.3 is 10.1 Å². The summed E-state index contributed by atoms with van der Waals surface area (Å²) in [5.41, 5.74) is 0.623. The predicted octanol–water partition coefficient (Wildman–Crippen LogP) is 2.38. The third-order valence-corrected chi connectivity index (χ3v) is 3.37. The van der Waals surface area contributed by atoms with Gasteiger partial charge in [0.15, 0.2) is 6.10 Å². The van der Waals surface area contributed by atoms with E-state index in [4.69, 9.17) is 4.74 Å². The van der Waals surface area contributed by atoms with Crippen LogP contribution in [0.2, 0.25) is 0 Å². The van der Waals surface area contributed by atoms with E-state index in [1.165, 1.54) is 11.3 Å². The van der Waals surface area contributed by atoms with E-state index >= 15 is 0 Å². The predicted molar refractivity (Wildman–Crippen MR) is 65.5 cm³/mol. The summed E-state index contributed by atoms with van der Waals surface area (Å²) in [4.78, 5) is 24.1. The van der Waals surface area contributed by atoms with Gasteiger partial charge in [-0.15, -0.1) is 11.3 Å². The summed E-state index contributed by atoms with van der Waals surface area (Å²) < 4.78 is 5.15. The number of ketones is 1. The molecule has 0 spiro atoms. The minimum atomic E-state index is -0.653. The Hall–Kier alpha value is -1.36. The number of thiophene rings is 1. The molecule has 2 rings (SSSR count). The quantitative estimate of drug-likeness (QED) is 0.836. The molecule has 17 heavy (non-hydrogen) atoms. The molecule has 1 aliphatic carbocycles. The monoisotopic (exact) mass is 253 g/mol. The van der Waals surface area contributed by atoms with Gasteiger partial charge in [-0.25, -0.2) is 4.79 Å². The van der Waals surface area contributed by atoms with Crippen molar-refractivity contribution in [3.8, 4) is 0 Å². The van der Waals surface area contributed by atoms with Gasteiger partial charge in [0.05, 0.1) is 4.88 Å². The highest BCUT2D eigenvalue weighted by Gasteiger charge is 2.35. The van der Waals surface area contributed by atoms with Gasteiger partial charge in [0.25, 0.3) is 0 Å². The lowest BCUT2D eigenvalue weighted by atomic mass is 10.1. The highest BCUT2D eigenvalue weighted by Crippen LogP contribution is 2.28. The van der Waals surface area contributed by atoms with Gasteiger partial charge >= 0.3 is 6.09 Å². The zero-order valence-corrected chi connectivity index (χ0v) is 10.9. The Balaban J connectivity index is 1.97. The summed E-state index contributed by atoms with van der Waals surface area (Å²) in [5, 5.41) is 4.56. The van der Waals surface area contributed by atoms with Crippen molar-refractivity contribution in [3.63, 3.8) is 0 Å². The molecule has 92 valence electrons. The van der Waals surface area contributed by atoms with Crippen molar-refractivity contribution >= 4 is 23.2 Å². The van der Waals surface area contributed by atoms with Crippen LogP contribution >= 0.6 is 11.3 Å².